The summed E-state index contributed by atoms with van der Waals surface area (Å²) < 4.78 is 18.8. The van der Waals surface area contributed by atoms with Crippen LogP contribution in [0.1, 0.15) is 19.4 Å². The molecular formula is C15H25FN2O. The van der Waals surface area contributed by atoms with Crippen molar-refractivity contribution in [2.45, 2.75) is 20.8 Å². The van der Waals surface area contributed by atoms with Gasteiger partial charge in [0.2, 0.25) is 0 Å². The van der Waals surface area contributed by atoms with Crippen LogP contribution in [-0.4, -0.2) is 44.2 Å². The van der Waals surface area contributed by atoms with E-state index in [-0.39, 0.29) is 5.82 Å². The number of hydrogen-bond acceptors (Lipinski definition) is 3. The molecule has 19 heavy (non-hydrogen) atoms. The van der Waals surface area contributed by atoms with E-state index in [1.54, 1.807) is 12.1 Å². The van der Waals surface area contributed by atoms with Gasteiger partial charge in [-0.1, -0.05) is 19.9 Å². The highest BCUT2D eigenvalue weighted by Gasteiger charge is 2.03. The molecule has 0 atom stereocenters. The van der Waals surface area contributed by atoms with E-state index in [0.29, 0.717) is 12.4 Å². The van der Waals surface area contributed by atoms with Gasteiger partial charge < -0.3 is 15.0 Å². The third-order valence-corrected chi connectivity index (χ3v) is 3.12. The fraction of sp³-hybridized carbons (Fsp3) is 0.600. The van der Waals surface area contributed by atoms with Crippen LogP contribution in [0.4, 0.5) is 4.39 Å². The smallest absolute Gasteiger partial charge is 0.165 e. The summed E-state index contributed by atoms with van der Waals surface area (Å²) in [4.78, 5) is 2.36. The summed E-state index contributed by atoms with van der Waals surface area (Å²) >= 11 is 0. The average Bonchev–Trinajstić information content (AvgIpc) is 2.42. The highest BCUT2D eigenvalue weighted by atomic mass is 19.1. The zero-order chi connectivity index (χ0) is 14.1. The lowest BCUT2D eigenvalue weighted by Gasteiger charge is -2.18. The maximum absolute atomic E-state index is 13.4. The van der Waals surface area contributed by atoms with Crippen LogP contribution < -0.4 is 10.1 Å². The first kappa shape index (κ1) is 15.9. The minimum absolute atomic E-state index is 0.297. The molecule has 0 aliphatic rings. The highest BCUT2D eigenvalue weighted by Crippen LogP contribution is 2.17. The zero-order valence-corrected chi connectivity index (χ0v) is 12.2. The first-order valence-corrected chi connectivity index (χ1v) is 6.99. The summed E-state index contributed by atoms with van der Waals surface area (Å²) in [6.45, 7) is 11.6. The Hall–Kier alpha value is -1.13. The van der Waals surface area contributed by atoms with E-state index < -0.39 is 0 Å². The van der Waals surface area contributed by atoms with E-state index in [1.165, 1.54) is 6.07 Å². The van der Waals surface area contributed by atoms with Crippen LogP contribution in [0.5, 0.6) is 5.75 Å². The Morgan fingerprint density at radius 3 is 2.63 bits per heavy atom. The molecule has 0 aromatic heterocycles. The molecule has 0 radical (unpaired) electrons. The molecule has 0 bridgehead atoms. The van der Waals surface area contributed by atoms with Gasteiger partial charge in [-0.2, -0.15) is 0 Å². The van der Waals surface area contributed by atoms with Gasteiger partial charge in [-0.15, -0.1) is 0 Å². The minimum Gasteiger partial charge on any atom is -0.489 e. The van der Waals surface area contributed by atoms with Crippen molar-refractivity contribution in [3.63, 3.8) is 0 Å². The second-order valence-electron chi connectivity index (χ2n) is 4.56. The van der Waals surface area contributed by atoms with Crippen LogP contribution in [0.2, 0.25) is 0 Å². The molecule has 1 N–H and O–H groups in total. The van der Waals surface area contributed by atoms with Crippen molar-refractivity contribution in [3.8, 4) is 5.75 Å². The van der Waals surface area contributed by atoms with Gasteiger partial charge in [0.15, 0.2) is 11.6 Å². The largest absolute Gasteiger partial charge is 0.489 e. The van der Waals surface area contributed by atoms with Crippen molar-refractivity contribution in [1.29, 1.82) is 0 Å². The minimum atomic E-state index is -0.297. The lowest BCUT2D eigenvalue weighted by atomic mass is 10.2. The van der Waals surface area contributed by atoms with E-state index in [4.69, 9.17) is 4.74 Å². The lowest BCUT2D eigenvalue weighted by Crippen LogP contribution is -2.33. The summed E-state index contributed by atoms with van der Waals surface area (Å²) in [6, 6.07) is 4.91. The summed E-state index contributed by atoms with van der Waals surface area (Å²) in [5, 5.41) is 3.30. The summed E-state index contributed by atoms with van der Waals surface area (Å²) in [5.74, 6) is 0.0410. The number of hydrogen-bond donors (Lipinski definition) is 1. The van der Waals surface area contributed by atoms with Crippen molar-refractivity contribution in [2.75, 3.05) is 39.3 Å². The standard InChI is InChI=1S/C15H25FN2O/c1-4-18(5-2)10-8-17-9-11-19-15-12-13(3)6-7-14(15)16/h6-7,12,17H,4-5,8-11H2,1-3H3. The van der Waals surface area contributed by atoms with Crippen molar-refractivity contribution in [3.05, 3.63) is 29.6 Å². The number of nitrogens with zero attached hydrogens (tertiary/aromatic N) is 1. The molecule has 0 aliphatic carbocycles. The summed E-state index contributed by atoms with van der Waals surface area (Å²) in [5.41, 5.74) is 1.01. The monoisotopic (exact) mass is 268 g/mol. The fourth-order valence-corrected chi connectivity index (χ4v) is 1.86. The molecule has 1 rings (SSSR count). The first-order chi connectivity index (χ1) is 9.17. The summed E-state index contributed by atoms with van der Waals surface area (Å²) in [6.07, 6.45) is 0. The SMILES string of the molecule is CCN(CC)CCNCCOc1cc(C)ccc1F. The van der Waals surface area contributed by atoms with Crippen molar-refractivity contribution in [1.82, 2.24) is 10.2 Å². The van der Waals surface area contributed by atoms with E-state index in [2.05, 4.69) is 24.1 Å². The number of likely N-dealkylation sites (N-methyl/N-ethyl adjacent to an activating group) is 1. The Labute approximate surface area is 115 Å². The number of aryl methyl sites for hydroxylation is 1. The molecular weight excluding hydrogens is 243 g/mol. The van der Waals surface area contributed by atoms with Gasteiger partial charge in [0.25, 0.3) is 0 Å². The molecule has 1 aromatic carbocycles. The molecule has 0 heterocycles. The number of rotatable bonds is 9. The number of nitrogens with one attached hydrogen (secondary N) is 1. The van der Waals surface area contributed by atoms with Gasteiger partial charge in [-0.05, 0) is 37.7 Å². The van der Waals surface area contributed by atoms with E-state index in [9.17, 15) is 4.39 Å². The number of ether oxygens (including phenoxy) is 1. The molecule has 0 saturated carbocycles. The molecule has 0 unspecified atom stereocenters. The number of halogens is 1. The molecule has 1 aromatic rings. The molecule has 0 spiro atoms. The third-order valence-electron chi connectivity index (χ3n) is 3.12. The number of benzene rings is 1. The van der Waals surface area contributed by atoms with Crippen LogP contribution in [0, 0.1) is 12.7 Å². The maximum Gasteiger partial charge on any atom is 0.165 e. The second kappa shape index (κ2) is 8.88. The lowest BCUT2D eigenvalue weighted by molar-refractivity contribution is 0.279. The highest BCUT2D eigenvalue weighted by molar-refractivity contribution is 5.29. The maximum atomic E-state index is 13.4. The average molecular weight is 268 g/mol. The van der Waals surface area contributed by atoms with Gasteiger partial charge in [0.05, 0.1) is 0 Å². The van der Waals surface area contributed by atoms with Crippen LogP contribution in [0.3, 0.4) is 0 Å². The van der Waals surface area contributed by atoms with Crippen LogP contribution in [0.25, 0.3) is 0 Å². The Morgan fingerprint density at radius 2 is 1.95 bits per heavy atom. The molecule has 3 nitrogen and oxygen atoms in total. The van der Waals surface area contributed by atoms with Crippen LogP contribution >= 0.6 is 0 Å². The van der Waals surface area contributed by atoms with Gasteiger partial charge in [-0.3, -0.25) is 0 Å². The molecule has 0 saturated heterocycles. The van der Waals surface area contributed by atoms with Gasteiger partial charge in [0, 0.05) is 19.6 Å². The topological polar surface area (TPSA) is 24.5 Å². The predicted molar refractivity (Wildman–Crippen MR) is 77.3 cm³/mol. The van der Waals surface area contributed by atoms with Crippen LogP contribution in [-0.2, 0) is 0 Å². The van der Waals surface area contributed by atoms with E-state index >= 15 is 0 Å². The van der Waals surface area contributed by atoms with Crippen molar-refractivity contribution < 1.29 is 9.13 Å². The van der Waals surface area contributed by atoms with Gasteiger partial charge in [0.1, 0.15) is 6.61 Å². The Balaban J connectivity index is 2.15. The predicted octanol–water partition coefficient (Wildman–Crippen LogP) is 2.44. The molecule has 0 amide bonds. The third kappa shape index (κ3) is 6.03. The van der Waals surface area contributed by atoms with Gasteiger partial charge in [-0.25, -0.2) is 4.39 Å². The Kier molecular flexibility index (Phi) is 7.45. The zero-order valence-electron chi connectivity index (χ0n) is 12.2. The fourth-order valence-electron chi connectivity index (χ4n) is 1.86. The van der Waals surface area contributed by atoms with Crippen LogP contribution in [0.15, 0.2) is 18.2 Å². The molecule has 4 heteroatoms. The summed E-state index contributed by atoms with van der Waals surface area (Å²) in [7, 11) is 0. The normalized spacial score (nSPS) is 11.0. The van der Waals surface area contributed by atoms with E-state index in [0.717, 1.165) is 38.3 Å². The first-order valence-electron chi connectivity index (χ1n) is 6.99. The quantitative estimate of drug-likeness (QED) is 0.696. The molecule has 0 aliphatic heterocycles. The Morgan fingerprint density at radius 1 is 1.21 bits per heavy atom. The van der Waals surface area contributed by atoms with Crippen molar-refractivity contribution >= 4 is 0 Å². The molecule has 108 valence electrons. The van der Waals surface area contributed by atoms with E-state index in [1.807, 2.05) is 6.92 Å². The second-order valence-corrected chi connectivity index (χ2v) is 4.56. The van der Waals surface area contributed by atoms with Crippen molar-refractivity contribution in [2.24, 2.45) is 0 Å². The molecule has 0 fully saturated rings. The van der Waals surface area contributed by atoms with Gasteiger partial charge >= 0.3 is 0 Å². The Bertz CT molecular complexity index is 367.